The summed E-state index contributed by atoms with van der Waals surface area (Å²) in [7, 11) is 1.59. The van der Waals surface area contributed by atoms with E-state index in [0.717, 1.165) is 47.1 Å². The van der Waals surface area contributed by atoms with Crippen LogP contribution < -0.4 is 4.74 Å². The number of aliphatic hydroxyl groups excluding tert-OH is 1. The summed E-state index contributed by atoms with van der Waals surface area (Å²) in [4.78, 5) is 0. The van der Waals surface area contributed by atoms with Crippen molar-refractivity contribution in [2.24, 2.45) is 0 Å². The van der Waals surface area contributed by atoms with Gasteiger partial charge in [-0.25, -0.2) is 0 Å². The highest BCUT2D eigenvalue weighted by atomic mass is 35.5. The van der Waals surface area contributed by atoms with Gasteiger partial charge >= 0.3 is 0 Å². The lowest BCUT2D eigenvalue weighted by molar-refractivity contribution is 0.111. The summed E-state index contributed by atoms with van der Waals surface area (Å²) in [5.41, 5.74) is 3.57. The van der Waals surface area contributed by atoms with Crippen molar-refractivity contribution in [3.63, 3.8) is 0 Å². The fraction of sp³-hybridized carbons (Fsp3) is 0.364. The standard InChI is InChI=1S/C22H22ClN3O2S/c1-28-21-9-3-15(10-18(21)23)13-25-20-11-14(12-24)2-8-19(20)26(22(25)29)16-4-6-17(27)7-5-16/h2-3,8-11,16-17,27H,4-7,13H2,1H3/t16-,17-. The van der Waals surface area contributed by atoms with E-state index < -0.39 is 0 Å². The number of methoxy groups -OCH3 is 1. The highest BCUT2D eigenvalue weighted by Gasteiger charge is 2.24. The monoisotopic (exact) mass is 427 g/mol. The number of hydrogen-bond acceptors (Lipinski definition) is 4. The Morgan fingerprint density at radius 3 is 2.59 bits per heavy atom. The molecular weight excluding hydrogens is 406 g/mol. The van der Waals surface area contributed by atoms with E-state index >= 15 is 0 Å². The lowest BCUT2D eigenvalue weighted by Crippen LogP contribution is -2.21. The zero-order valence-electron chi connectivity index (χ0n) is 16.1. The van der Waals surface area contributed by atoms with Crippen LogP contribution in [0.15, 0.2) is 36.4 Å². The van der Waals surface area contributed by atoms with Gasteiger partial charge in [0.05, 0.1) is 47.4 Å². The molecule has 0 radical (unpaired) electrons. The van der Waals surface area contributed by atoms with E-state index in [-0.39, 0.29) is 12.1 Å². The second-order valence-corrected chi connectivity index (χ2v) is 8.26. The first kappa shape index (κ1) is 20.0. The van der Waals surface area contributed by atoms with E-state index in [1.54, 1.807) is 7.11 Å². The average Bonchev–Trinajstić information content (AvgIpc) is 3.00. The van der Waals surface area contributed by atoms with Crippen LogP contribution in [0.4, 0.5) is 0 Å². The highest BCUT2D eigenvalue weighted by Crippen LogP contribution is 2.34. The number of ether oxygens (including phenoxy) is 1. The molecule has 1 heterocycles. The average molecular weight is 428 g/mol. The smallest absolute Gasteiger partial charge is 0.181 e. The first-order valence-electron chi connectivity index (χ1n) is 9.67. The number of hydrogen-bond donors (Lipinski definition) is 1. The number of nitrogens with zero attached hydrogens (tertiary/aromatic N) is 3. The van der Waals surface area contributed by atoms with Crippen LogP contribution >= 0.6 is 23.8 Å². The van der Waals surface area contributed by atoms with Crippen LogP contribution in [-0.4, -0.2) is 27.5 Å². The van der Waals surface area contributed by atoms with E-state index in [9.17, 15) is 10.4 Å². The first-order valence-corrected chi connectivity index (χ1v) is 10.5. The molecular formula is C22H22ClN3O2S. The molecule has 1 fully saturated rings. The van der Waals surface area contributed by atoms with Crippen molar-refractivity contribution in [1.29, 1.82) is 5.26 Å². The van der Waals surface area contributed by atoms with Crippen LogP contribution in [-0.2, 0) is 6.54 Å². The van der Waals surface area contributed by atoms with Crippen molar-refractivity contribution in [2.45, 2.75) is 44.4 Å². The fourth-order valence-corrected chi connectivity index (χ4v) is 4.85. The zero-order valence-corrected chi connectivity index (χ0v) is 17.7. The van der Waals surface area contributed by atoms with E-state index in [0.29, 0.717) is 22.9 Å². The third-order valence-corrected chi connectivity index (χ3v) is 6.39. The van der Waals surface area contributed by atoms with E-state index in [2.05, 4.69) is 15.2 Å². The maximum atomic E-state index is 9.89. The molecule has 5 nitrogen and oxygen atoms in total. The molecule has 29 heavy (non-hydrogen) atoms. The van der Waals surface area contributed by atoms with Crippen molar-refractivity contribution in [3.8, 4) is 11.8 Å². The number of halogens is 1. The van der Waals surface area contributed by atoms with Gasteiger partial charge in [0, 0.05) is 6.04 Å². The molecule has 1 N–H and O–H groups in total. The molecule has 0 atom stereocenters. The Balaban J connectivity index is 1.82. The maximum Gasteiger partial charge on any atom is 0.181 e. The second-order valence-electron chi connectivity index (χ2n) is 7.49. The molecule has 0 aliphatic heterocycles. The van der Waals surface area contributed by atoms with Crippen LogP contribution in [0.5, 0.6) is 5.75 Å². The molecule has 0 bridgehead atoms. The van der Waals surface area contributed by atoms with Gasteiger partial charge in [-0.05, 0) is 73.8 Å². The summed E-state index contributed by atoms with van der Waals surface area (Å²) >= 11 is 12.2. The molecule has 3 aromatic rings. The summed E-state index contributed by atoms with van der Waals surface area (Å²) in [5, 5.41) is 19.8. The molecule has 1 aliphatic rings. The van der Waals surface area contributed by atoms with Crippen molar-refractivity contribution in [3.05, 3.63) is 57.3 Å². The zero-order chi connectivity index (χ0) is 20.5. The molecule has 1 aliphatic carbocycles. The summed E-state index contributed by atoms with van der Waals surface area (Å²) in [5.74, 6) is 0.633. The van der Waals surface area contributed by atoms with Gasteiger partial charge in [-0.1, -0.05) is 17.7 Å². The number of aliphatic hydroxyl groups is 1. The van der Waals surface area contributed by atoms with Crippen LogP contribution in [0.1, 0.15) is 42.9 Å². The summed E-state index contributed by atoms with van der Waals surface area (Å²) in [6, 6.07) is 13.9. The topological polar surface area (TPSA) is 63.1 Å². The molecule has 0 saturated heterocycles. The fourth-order valence-electron chi connectivity index (χ4n) is 4.16. The first-order chi connectivity index (χ1) is 14.0. The molecule has 1 saturated carbocycles. The van der Waals surface area contributed by atoms with Gasteiger partial charge in [0.1, 0.15) is 5.75 Å². The second kappa shape index (κ2) is 8.19. The van der Waals surface area contributed by atoms with Crippen LogP contribution in [0.3, 0.4) is 0 Å². The predicted octanol–water partition coefficient (Wildman–Crippen LogP) is 5.23. The normalized spacial score (nSPS) is 19.2. The Labute approximate surface area is 179 Å². The van der Waals surface area contributed by atoms with E-state index in [1.165, 1.54) is 0 Å². The molecule has 0 amide bonds. The Bertz CT molecular complexity index is 1150. The quantitative estimate of drug-likeness (QED) is 0.579. The van der Waals surface area contributed by atoms with Gasteiger partial charge in [0.15, 0.2) is 4.77 Å². The Kier molecular flexibility index (Phi) is 5.64. The van der Waals surface area contributed by atoms with Crippen molar-refractivity contribution in [2.75, 3.05) is 7.11 Å². The molecule has 1 aromatic heterocycles. The van der Waals surface area contributed by atoms with Crippen LogP contribution in [0, 0.1) is 16.1 Å². The minimum atomic E-state index is -0.222. The van der Waals surface area contributed by atoms with Gasteiger partial charge in [0.25, 0.3) is 0 Å². The van der Waals surface area contributed by atoms with E-state index in [1.807, 2.05) is 36.4 Å². The van der Waals surface area contributed by atoms with Gasteiger partial charge in [-0.3, -0.25) is 0 Å². The van der Waals surface area contributed by atoms with Crippen molar-refractivity contribution < 1.29 is 9.84 Å². The molecule has 150 valence electrons. The SMILES string of the molecule is COc1ccc(Cn2c(=S)n([C@H]3CC[C@H](O)CC3)c3ccc(C#N)cc32)cc1Cl. The Morgan fingerprint density at radius 1 is 1.17 bits per heavy atom. The summed E-state index contributed by atoms with van der Waals surface area (Å²) in [6.45, 7) is 0.552. The molecule has 2 aromatic carbocycles. The third kappa shape index (κ3) is 3.78. The van der Waals surface area contributed by atoms with Gasteiger partial charge in [-0.2, -0.15) is 5.26 Å². The maximum absolute atomic E-state index is 9.89. The van der Waals surface area contributed by atoms with Crippen LogP contribution in [0.2, 0.25) is 5.02 Å². The number of rotatable bonds is 4. The lowest BCUT2D eigenvalue weighted by Gasteiger charge is -2.27. The van der Waals surface area contributed by atoms with Crippen LogP contribution in [0.25, 0.3) is 11.0 Å². The molecule has 4 rings (SSSR count). The highest BCUT2D eigenvalue weighted by molar-refractivity contribution is 7.71. The number of aromatic nitrogens is 2. The summed E-state index contributed by atoms with van der Waals surface area (Å²) in [6.07, 6.45) is 3.12. The number of fused-ring (bicyclic) bond motifs is 1. The van der Waals surface area contributed by atoms with Crippen molar-refractivity contribution >= 4 is 34.9 Å². The van der Waals surface area contributed by atoms with Gasteiger partial charge < -0.3 is 19.0 Å². The lowest BCUT2D eigenvalue weighted by atomic mass is 9.93. The van der Waals surface area contributed by atoms with Gasteiger partial charge in [-0.15, -0.1) is 0 Å². The Morgan fingerprint density at radius 2 is 1.93 bits per heavy atom. The number of benzene rings is 2. The Hall–Kier alpha value is -2.33. The van der Waals surface area contributed by atoms with E-state index in [4.69, 9.17) is 28.6 Å². The largest absolute Gasteiger partial charge is 0.495 e. The molecule has 0 spiro atoms. The number of nitriles is 1. The predicted molar refractivity (Wildman–Crippen MR) is 116 cm³/mol. The molecule has 7 heteroatoms. The number of imidazole rings is 1. The summed E-state index contributed by atoms with van der Waals surface area (Å²) < 4.78 is 10.2. The third-order valence-electron chi connectivity index (χ3n) is 5.68. The molecule has 0 unspecified atom stereocenters. The van der Waals surface area contributed by atoms with Crippen molar-refractivity contribution in [1.82, 2.24) is 9.13 Å². The minimum absolute atomic E-state index is 0.222. The minimum Gasteiger partial charge on any atom is -0.495 e. The van der Waals surface area contributed by atoms with Gasteiger partial charge in [0.2, 0.25) is 0 Å².